The molecule has 0 unspecified atom stereocenters. The summed E-state index contributed by atoms with van der Waals surface area (Å²) in [5.41, 5.74) is 0. The largest absolute Gasteiger partial charge is 0.382 e. The fourth-order valence-corrected chi connectivity index (χ4v) is 1.45. The maximum absolute atomic E-state index is 11.3. The molecule has 0 aromatic carbocycles. The van der Waals surface area contributed by atoms with E-state index in [9.17, 15) is 4.79 Å². The number of amides is 1. The van der Waals surface area contributed by atoms with Crippen molar-refractivity contribution in [1.29, 1.82) is 0 Å². The molecule has 0 aliphatic heterocycles. The first kappa shape index (κ1) is 12.4. The van der Waals surface area contributed by atoms with Crippen LogP contribution in [-0.2, 0) is 19.0 Å². The Morgan fingerprint density at radius 1 is 1.33 bits per heavy atom. The van der Waals surface area contributed by atoms with Crippen molar-refractivity contribution in [3.05, 3.63) is 0 Å². The van der Waals surface area contributed by atoms with Crippen LogP contribution in [0, 0.1) is 0 Å². The van der Waals surface area contributed by atoms with Crippen LogP contribution in [0.1, 0.15) is 12.8 Å². The smallest absolute Gasteiger partial charge is 0.246 e. The third kappa shape index (κ3) is 4.59. The van der Waals surface area contributed by atoms with Crippen molar-refractivity contribution >= 4 is 5.91 Å². The topological polar surface area (TPSA) is 56.8 Å². The fourth-order valence-electron chi connectivity index (χ4n) is 1.45. The number of rotatable bonds is 7. The molecule has 15 heavy (non-hydrogen) atoms. The van der Waals surface area contributed by atoms with E-state index in [-0.39, 0.29) is 18.6 Å². The molecule has 0 aromatic rings. The van der Waals surface area contributed by atoms with Gasteiger partial charge in [0.05, 0.1) is 19.3 Å². The number of carbonyl (C=O) groups excluding carboxylic acids is 1. The fraction of sp³-hybridized carbons (Fsp3) is 0.900. The normalized spacial score (nSPS) is 24.7. The van der Waals surface area contributed by atoms with Gasteiger partial charge in [-0.2, -0.15) is 0 Å². The van der Waals surface area contributed by atoms with Crippen LogP contribution in [0.15, 0.2) is 0 Å². The second-order valence-electron chi connectivity index (χ2n) is 3.64. The number of nitrogens with one attached hydrogen (secondary N) is 1. The summed E-state index contributed by atoms with van der Waals surface area (Å²) in [4.78, 5) is 11.3. The molecule has 5 heteroatoms. The molecular weight excluding hydrogens is 198 g/mol. The maximum Gasteiger partial charge on any atom is 0.246 e. The third-order valence-electron chi connectivity index (χ3n) is 2.46. The lowest BCUT2D eigenvalue weighted by Crippen LogP contribution is -2.48. The van der Waals surface area contributed by atoms with E-state index < -0.39 is 0 Å². The van der Waals surface area contributed by atoms with Crippen LogP contribution in [0.3, 0.4) is 0 Å². The van der Waals surface area contributed by atoms with Gasteiger partial charge in [-0.25, -0.2) is 0 Å². The second kappa shape index (κ2) is 6.76. The average molecular weight is 217 g/mol. The molecule has 1 aliphatic carbocycles. The molecule has 0 bridgehead atoms. The Hall–Kier alpha value is -0.650. The summed E-state index contributed by atoms with van der Waals surface area (Å²) < 4.78 is 15.0. The van der Waals surface area contributed by atoms with Gasteiger partial charge in [0.25, 0.3) is 0 Å². The van der Waals surface area contributed by atoms with Gasteiger partial charge in [-0.15, -0.1) is 0 Å². The zero-order chi connectivity index (χ0) is 11.1. The van der Waals surface area contributed by atoms with Gasteiger partial charge >= 0.3 is 0 Å². The maximum atomic E-state index is 11.3. The minimum atomic E-state index is -0.0642. The monoisotopic (exact) mass is 217 g/mol. The van der Waals surface area contributed by atoms with Crippen LogP contribution < -0.4 is 5.32 Å². The lowest BCUT2D eigenvalue weighted by molar-refractivity contribution is -0.128. The molecule has 88 valence electrons. The molecule has 0 radical (unpaired) electrons. The highest BCUT2D eigenvalue weighted by Crippen LogP contribution is 2.22. The van der Waals surface area contributed by atoms with Crippen molar-refractivity contribution in [3.63, 3.8) is 0 Å². The summed E-state index contributed by atoms with van der Waals surface area (Å²) in [5, 5.41) is 2.87. The number of hydrogen-bond acceptors (Lipinski definition) is 4. The van der Waals surface area contributed by atoms with E-state index in [0.29, 0.717) is 19.3 Å². The zero-order valence-electron chi connectivity index (χ0n) is 9.32. The third-order valence-corrected chi connectivity index (χ3v) is 2.46. The molecule has 0 spiro atoms. The van der Waals surface area contributed by atoms with E-state index in [1.54, 1.807) is 14.2 Å². The number of hydrogen-bond donors (Lipinski definition) is 1. The van der Waals surface area contributed by atoms with E-state index in [1.165, 1.54) is 0 Å². The van der Waals surface area contributed by atoms with Crippen molar-refractivity contribution in [3.8, 4) is 0 Å². The van der Waals surface area contributed by atoms with Gasteiger partial charge < -0.3 is 19.5 Å². The van der Waals surface area contributed by atoms with Crippen LogP contribution in [0.5, 0.6) is 0 Å². The highest BCUT2D eigenvalue weighted by atomic mass is 16.5. The standard InChI is InChI=1S/C10H19NO4/c1-13-3-4-15-7-10(12)11-8-5-9(6-8)14-2/h8-9H,3-7H2,1-2H3,(H,11,12). The molecule has 0 aromatic heterocycles. The summed E-state index contributed by atoms with van der Waals surface area (Å²) in [6.45, 7) is 1.08. The first-order chi connectivity index (χ1) is 7.26. The van der Waals surface area contributed by atoms with Crippen molar-refractivity contribution in [2.75, 3.05) is 34.0 Å². The highest BCUT2D eigenvalue weighted by molar-refractivity contribution is 5.77. The van der Waals surface area contributed by atoms with E-state index in [1.807, 2.05) is 0 Å². The Bertz CT molecular complexity index is 192. The minimum absolute atomic E-state index is 0.0642. The Kier molecular flexibility index (Phi) is 5.60. The Morgan fingerprint density at radius 3 is 2.67 bits per heavy atom. The number of methoxy groups -OCH3 is 2. The van der Waals surface area contributed by atoms with Crippen LogP contribution in [0.2, 0.25) is 0 Å². The molecule has 1 rings (SSSR count). The van der Waals surface area contributed by atoms with E-state index >= 15 is 0 Å². The number of carbonyl (C=O) groups is 1. The van der Waals surface area contributed by atoms with Crippen molar-refractivity contribution in [2.24, 2.45) is 0 Å². The number of ether oxygens (including phenoxy) is 3. The van der Waals surface area contributed by atoms with Gasteiger partial charge in [-0.05, 0) is 12.8 Å². The van der Waals surface area contributed by atoms with Crippen molar-refractivity contribution in [2.45, 2.75) is 25.0 Å². The average Bonchev–Trinajstić information content (AvgIpc) is 2.17. The molecule has 5 nitrogen and oxygen atoms in total. The predicted octanol–water partition coefficient (Wildman–Crippen LogP) is -0.0570. The van der Waals surface area contributed by atoms with E-state index in [2.05, 4.69) is 5.32 Å². The lowest BCUT2D eigenvalue weighted by Gasteiger charge is -2.34. The molecule has 1 N–H and O–H groups in total. The van der Waals surface area contributed by atoms with Crippen LogP contribution in [0.25, 0.3) is 0 Å². The zero-order valence-corrected chi connectivity index (χ0v) is 9.32. The quantitative estimate of drug-likeness (QED) is 0.607. The summed E-state index contributed by atoms with van der Waals surface area (Å²) in [6.07, 6.45) is 2.12. The minimum Gasteiger partial charge on any atom is -0.382 e. The highest BCUT2D eigenvalue weighted by Gasteiger charge is 2.29. The van der Waals surface area contributed by atoms with Gasteiger partial charge in [-0.1, -0.05) is 0 Å². The van der Waals surface area contributed by atoms with E-state index in [0.717, 1.165) is 12.8 Å². The van der Waals surface area contributed by atoms with Crippen molar-refractivity contribution < 1.29 is 19.0 Å². The molecule has 0 heterocycles. The summed E-state index contributed by atoms with van der Waals surface area (Å²) >= 11 is 0. The Balaban J connectivity index is 1.95. The Labute approximate surface area is 90.1 Å². The molecule has 0 atom stereocenters. The van der Waals surface area contributed by atoms with Gasteiger partial charge in [0.1, 0.15) is 6.61 Å². The molecule has 1 aliphatic rings. The van der Waals surface area contributed by atoms with Gasteiger partial charge in [-0.3, -0.25) is 4.79 Å². The van der Waals surface area contributed by atoms with Crippen LogP contribution in [0.4, 0.5) is 0 Å². The van der Waals surface area contributed by atoms with Crippen LogP contribution in [-0.4, -0.2) is 52.1 Å². The summed E-state index contributed by atoms with van der Waals surface area (Å²) in [7, 11) is 3.29. The van der Waals surface area contributed by atoms with Crippen molar-refractivity contribution in [1.82, 2.24) is 5.32 Å². The SMILES string of the molecule is COCCOCC(=O)NC1CC(OC)C1. The summed E-state index contributed by atoms with van der Waals surface area (Å²) in [5.74, 6) is -0.0642. The first-order valence-electron chi connectivity index (χ1n) is 5.15. The van der Waals surface area contributed by atoms with E-state index in [4.69, 9.17) is 14.2 Å². The molecule has 1 saturated carbocycles. The van der Waals surface area contributed by atoms with Crippen LogP contribution >= 0.6 is 0 Å². The Morgan fingerprint density at radius 2 is 2.07 bits per heavy atom. The molecular formula is C10H19NO4. The molecule has 1 fully saturated rings. The summed E-state index contributed by atoms with van der Waals surface area (Å²) in [6, 6.07) is 0.258. The first-order valence-corrected chi connectivity index (χ1v) is 5.15. The van der Waals surface area contributed by atoms with Gasteiger partial charge in [0.2, 0.25) is 5.91 Å². The van der Waals surface area contributed by atoms with Gasteiger partial charge in [0.15, 0.2) is 0 Å². The lowest BCUT2D eigenvalue weighted by atomic mass is 9.89. The molecule has 0 saturated heterocycles. The van der Waals surface area contributed by atoms with Gasteiger partial charge in [0, 0.05) is 20.3 Å². The molecule has 1 amide bonds. The predicted molar refractivity (Wildman–Crippen MR) is 54.7 cm³/mol. The second-order valence-corrected chi connectivity index (χ2v) is 3.64.